The van der Waals surface area contributed by atoms with Crippen LogP contribution in [0.2, 0.25) is 0 Å². The van der Waals surface area contributed by atoms with Crippen molar-refractivity contribution in [3.05, 3.63) is 23.9 Å². The zero-order valence-corrected chi connectivity index (χ0v) is 10.4. The van der Waals surface area contributed by atoms with Crippen LogP contribution in [0, 0.1) is 0 Å². The van der Waals surface area contributed by atoms with Gasteiger partial charge in [0, 0.05) is 17.8 Å². The van der Waals surface area contributed by atoms with Crippen LogP contribution in [-0.4, -0.2) is 27.2 Å². The molecule has 1 fully saturated rings. The van der Waals surface area contributed by atoms with Crippen LogP contribution in [0.3, 0.4) is 0 Å². The minimum atomic E-state index is -0.135. The number of hydrogen-bond donors (Lipinski definition) is 3. The first-order chi connectivity index (χ1) is 8.15. The highest BCUT2D eigenvalue weighted by Gasteiger charge is 2.19. The average Bonchev–Trinajstić information content (AvgIpc) is 2.32. The number of thiocarbonyl (C=S) groups is 1. The lowest BCUT2D eigenvalue weighted by molar-refractivity contribution is 0.126. The highest BCUT2D eigenvalue weighted by molar-refractivity contribution is 7.80. The molecule has 0 spiro atoms. The van der Waals surface area contributed by atoms with Gasteiger partial charge in [-0.1, -0.05) is 12.2 Å². The number of rotatable bonds is 3. The van der Waals surface area contributed by atoms with Crippen LogP contribution in [-0.2, 0) is 0 Å². The smallest absolute Gasteiger partial charge is 0.126 e. The number of anilines is 1. The highest BCUT2D eigenvalue weighted by Crippen LogP contribution is 2.21. The lowest BCUT2D eigenvalue weighted by Gasteiger charge is -2.26. The van der Waals surface area contributed by atoms with Crippen LogP contribution >= 0.6 is 12.2 Å². The minimum absolute atomic E-state index is 0.135. The Morgan fingerprint density at radius 1 is 1.41 bits per heavy atom. The Balaban J connectivity index is 1.98. The van der Waals surface area contributed by atoms with E-state index in [4.69, 9.17) is 18.0 Å². The lowest BCUT2D eigenvalue weighted by Crippen LogP contribution is -2.28. The summed E-state index contributed by atoms with van der Waals surface area (Å²) >= 11 is 4.93. The fraction of sp³-hybridized carbons (Fsp3) is 0.500. The van der Waals surface area contributed by atoms with Crippen molar-refractivity contribution >= 4 is 23.0 Å². The lowest BCUT2D eigenvalue weighted by atomic mass is 9.93. The summed E-state index contributed by atoms with van der Waals surface area (Å²) in [6.07, 6.45) is 5.22. The maximum atomic E-state index is 9.43. The van der Waals surface area contributed by atoms with Gasteiger partial charge >= 0.3 is 0 Å². The summed E-state index contributed by atoms with van der Waals surface area (Å²) in [6.45, 7) is 0. The molecule has 1 saturated carbocycles. The highest BCUT2D eigenvalue weighted by atomic mass is 32.1. The second-order valence-electron chi connectivity index (χ2n) is 4.44. The molecule has 1 aliphatic rings. The second-order valence-corrected chi connectivity index (χ2v) is 4.88. The molecule has 0 amide bonds. The Morgan fingerprint density at radius 2 is 2.12 bits per heavy atom. The number of hydrogen-bond acceptors (Lipinski definition) is 4. The average molecular weight is 251 g/mol. The molecule has 4 nitrogen and oxygen atoms in total. The Labute approximate surface area is 106 Å². The molecule has 0 saturated heterocycles. The molecular weight excluding hydrogens is 234 g/mol. The predicted molar refractivity (Wildman–Crippen MR) is 72.0 cm³/mol. The molecule has 1 heterocycles. The molecule has 17 heavy (non-hydrogen) atoms. The number of nitrogens with one attached hydrogen (secondary N) is 1. The standard InChI is InChI=1S/C12H17N3OS/c13-12(17)8-5-6-14-11(7-8)15-9-1-3-10(16)4-2-9/h5-7,9-10,16H,1-4H2,(H2,13,17)(H,14,15). The fourth-order valence-electron chi connectivity index (χ4n) is 2.09. The summed E-state index contributed by atoms with van der Waals surface area (Å²) in [5.74, 6) is 0.802. The molecule has 0 unspecified atom stereocenters. The van der Waals surface area contributed by atoms with Gasteiger partial charge in [-0.15, -0.1) is 0 Å². The van der Waals surface area contributed by atoms with Gasteiger partial charge in [-0.05, 0) is 37.8 Å². The van der Waals surface area contributed by atoms with E-state index in [1.165, 1.54) is 0 Å². The van der Waals surface area contributed by atoms with Crippen molar-refractivity contribution in [2.24, 2.45) is 5.73 Å². The Kier molecular flexibility index (Phi) is 3.91. The van der Waals surface area contributed by atoms with Crippen LogP contribution in [0.5, 0.6) is 0 Å². The number of aliphatic hydroxyl groups is 1. The first-order valence-corrected chi connectivity index (χ1v) is 6.26. The molecule has 0 atom stereocenters. The number of aliphatic hydroxyl groups excluding tert-OH is 1. The van der Waals surface area contributed by atoms with Crippen molar-refractivity contribution in [1.29, 1.82) is 0 Å². The molecule has 2 rings (SSSR count). The van der Waals surface area contributed by atoms with Crippen LogP contribution in [0.25, 0.3) is 0 Å². The van der Waals surface area contributed by atoms with Gasteiger partial charge in [0.2, 0.25) is 0 Å². The zero-order chi connectivity index (χ0) is 12.3. The topological polar surface area (TPSA) is 71.2 Å². The van der Waals surface area contributed by atoms with Gasteiger partial charge in [0.15, 0.2) is 0 Å². The number of aromatic nitrogens is 1. The van der Waals surface area contributed by atoms with Gasteiger partial charge in [-0.2, -0.15) is 0 Å². The Hall–Kier alpha value is -1.20. The number of nitrogens with two attached hydrogens (primary N) is 1. The maximum Gasteiger partial charge on any atom is 0.126 e. The third-order valence-corrected chi connectivity index (χ3v) is 3.33. The SMILES string of the molecule is NC(=S)c1ccnc(NC2CCC(O)CC2)c1. The summed E-state index contributed by atoms with van der Waals surface area (Å²) in [5, 5.41) is 12.8. The summed E-state index contributed by atoms with van der Waals surface area (Å²) in [4.78, 5) is 4.63. The number of pyridine rings is 1. The van der Waals surface area contributed by atoms with Crippen molar-refractivity contribution in [2.45, 2.75) is 37.8 Å². The van der Waals surface area contributed by atoms with Crippen molar-refractivity contribution in [1.82, 2.24) is 4.98 Å². The van der Waals surface area contributed by atoms with Crippen molar-refractivity contribution < 1.29 is 5.11 Å². The van der Waals surface area contributed by atoms with Crippen LogP contribution < -0.4 is 11.1 Å². The second kappa shape index (κ2) is 5.42. The van der Waals surface area contributed by atoms with Gasteiger partial charge in [-0.3, -0.25) is 0 Å². The molecule has 5 heteroatoms. The van der Waals surface area contributed by atoms with E-state index in [1.807, 2.05) is 6.07 Å². The summed E-state index contributed by atoms with van der Waals surface area (Å²) in [7, 11) is 0. The van der Waals surface area contributed by atoms with Crippen LogP contribution in [0.15, 0.2) is 18.3 Å². The molecule has 1 aromatic heterocycles. The molecule has 0 aliphatic heterocycles. The Bertz CT molecular complexity index is 402. The molecule has 4 N–H and O–H groups in total. The zero-order valence-electron chi connectivity index (χ0n) is 9.60. The summed E-state index contributed by atoms with van der Waals surface area (Å²) < 4.78 is 0. The quantitative estimate of drug-likeness (QED) is 0.709. The normalized spacial score (nSPS) is 24.3. The van der Waals surface area contributed by atoms with E-state index < -0.39 is 0 Å². The Morgan fingerprint density at radius 3 is 2.76 bits per heavy atom. The van der Waals surface area contributed by atoms with E-state index in [0.29, 0.717) is 11.0 Å². The summed E-state index contributed by atoms with van der Waals surface area (Å²) in [6, 6.07) is 4.05. The van der Waals surface area contributed by atoms with E-state index in [0.717, 1.165) is 37.1 Å². The molecule has 0 bridgehead atoms. The molecule has 1 aromatic rings. The van der Waals surface area contributed by atoms with E-state index >= 15 is 0 Å². The molecule has 1 aliphatic carbocycles. The monoisotopic (exact) mass is 251 g/mol. The molecule has 0 aromatic carbocycles. The van der Waals surface area contributed by atoms with Gasteiger partial charge < -0.3 is 16.2 Å². The molecular formula is C12H17N3OS. The third kappa shape index (κ3) is 3.38. The maximum absolute atomic E-state index is 9.43. The van der Waals surface area contributed by atoms with Crippen molar-refractivity contribution in [3.63, 3.8) is 0 Å². The van der Waals surface area contributed by atoms with E-state index in [1.54, 1.807) is 12.3 Å². The van der Waals surface area contributed by atoms with E-state index in [2.05, 4.69) is 10.3 Å². The van der Waals surface area contributed by atoms with E-state index in [9.17, 15) is 5.11 Å². The summed E-state index contributed by atoms with van der Waals surface area (Å²) in [5.41, 5.74) is 6.40. The fourth-order valence-corrected chi connectivity index (χ4v) is 2.22. The molecule has 92 valence electrons. The predicted octanol–water partition coefficient (Wildman–Crippen LogP) is 1.43. The van der Waals surface area contributed by atoms with Crippen molar-refractivity contribution in [2.75, 3.05) is 5.32 Å². The van der Waals surface area contributed by atoms with Gasteiger partial charge in [0.1, 0.15) is 10.8 Å². The first-order valence-electron chi connectivity index (χ1n) is 5.85. The van der Waals surface area contributed by atoms with Gasteiger partial charge in [0.05, 0.1) is 6.10 Å². The third-order valence-electron chi connectivity index (χ3n) is 3.09. The van der Waals surface area contributed by atoms with E-state index in [-0.39, 0.29) is 6.10 Å². The minimum Gasteiger partial charge on any atom is -0.393 e. The van der Waals surface area contributed by atoms with Crippen molar-refractivity contribution in [3.8, 4) is 0 Å². The van der Waals surface area contributed by atoms with Gasteiger partial charge in [-0.25, -0.2) is 4.98 Å². The van der Waals surface area contributed by atoms with Crippen LogP contribution in [0.4, 0.5) is 5.82 Å². The van der Waals surface area contributed by atoms with Gasteiger partial charge in [0.25, 0.3) is 0 Å². The number of nitrogens with zero attached hydrogens (tertiary/aromatic N) is 1. The van der Waals surface area contributed by atoms with Crippen LogP contribution in [0.1, 0.15) is 31.2 Å². The largest absolute Gasteiger partial charge is 0.393 e. The molecule has 0 radical (unpaired) electrons. The first kappa shape index (κ1) is 12.3.